The van der Waals surface area contributed by atoms with Crippen LogP contribution in [0.2, 0.25) is 0 Å². The number of aryl methyl sites for hydroxylation is 1. The van der Waals surface area contributed by atoms with Gasteiger partial charge in [-0.1, -0.05) is 15.9 Å². The minimum Gasteiger partial charge on any atom is -0.398 e. The molecule has 0 aliphatic carbocycles. The fourth-order valence-corrected chi connectivity index (χ4v) is 5.24. The van der Waals surface area contributed by atoms with Gasteiger partial charge >= 0.3 is 0 Å². The summed E-state index contributed by atoms with van der Waals surface area (Å²) in [4.78, 5) is 3.93. The Kier molecular flexibility index (Phi) is 4.14. The fourth-order valence-electron chi connectivity index (χ4n) is 1.37. The largest absolute Gasteiger partial charge is 0.398 e. The van der Waals surface area contributed by atoms with Crippen LogP contribution >= 0.6 is 43.4 Å². The second kappa shape index (κ2) is 5.35. The third kappa shape index (κ3) is 3.25. The molecule has 0 spiro atoms. The standard InChI is InChI=1S/C9H8Br2N4O2S2/c1-4-13-9(18-14-4)15-19(16,17)8-6(11)2-5(10)3-7(8)12/h2-3H,12H2,1H3,(H,13,14,15). The van der Waals surface area contributed by atoms with E-state index in [1.807, 2.05) is 0 Å². The average Bonchev–Trinajstić information content (AvgIpc) is 2.60. The van der Waals surface area contributed by atoms with Crippen LogP contribution in [0.3, 0.4) is 0 Å². The third-order valence-corrected chi connectivity index (χ3v) is 5.71. The molecular formula is C9H8Br2N4O2S2. The number of hydrogen-bond acceptors (Lipinski definition) is 6. The third-order valence-electron chi connectivity index (χ3n) is 2.06. The smallest absolute Gasteiger partial charge is 0.266 e. The van der Waals surface area contributed by atoms with Gasteiger partial charge in [0.2, 0.25) is 5.13 Å². The van der Waals surface area contributed by atoms with Crippen molar-refractivity contribution in [1.82, 2.24) is 9.36 Å². The Morgan fingerprint density at radius 3 is 2.58 bits per heavy atom. The minimum absolute atomic E-state index is 0.0245. The first kappa shape index (κ1) is 14.7. The van der Waals surface area contributed by atoms with Gasteiger partial charge in [-0.3, -0.25) is 4.72 Å². The monoisotopic (exact) mass is 426 g/mol. The highest BCUT2D eigenvalue weighted by molar-refractivity contribution is 9.11. The Balaban J connectivity index is 2.45. The zero-order chi connectivity index (χ0) is 14.2. The summed E-state index contributed by atoms with van der Waals surface area (Å²) >= 11 is 7.40. The molecule has 0 unspecified atom stereocenters. The number of benzene rings is 1. The quantitative estimate of drug-likeness (QED) is 0.733. The number of halogens is 2. The van der Waals surface area contributed by atoms with E-state index in [1.54, 1.807) is 13.0 Å². The van der Waals surface area contributed by atoms with E-state index in [1.165, 1.54) is 6.07 Å². The van der Waals surface area contributed by atoms with E-state index in [9.17, 15) is 8.42 Å². The fraction of sp³-hybridized carbons (Fsp3) is 0.111. The van der Waals surface area contributed by atoms with Crippen molar-refractivity contribution in [2.24, 2.45) is 0 Å². The molecule has 0 aliphatic heterocycles. The van der Waals surface area contributed by atoms with Crippen LogP contribution in [-0.2, 0) is 10.0 Å². The highest BCUT2D eigenvalue weighted by Gasteiger charge is 2.23. The van der Waals surface area contributed by atoms with Gasteiger partial charge in [-0.2, -0.15) is 4.37 Å². The Bertz CT molecular complexity index is 707. The number of nitrogens with one attached hydrogen (secondary N) is 1. The summed E-state index contributed by atoms with van der Waals surface area (Å²) < 4.78 is 31.8. The summed E-state index contributed by atoms with van der Waals surface area (Å²) in [7, 11) is -3.81. The SMILES string of the molecule is Cc1nsc(NS(=O)(=O)c2c(N)cc(Br)cc2Br)n1. The predicted octanol–water partition coefficient (Wildman–Crippen LogP) is 2.75. The summed E-state index contributed by atoms with van der Waals surface area (Å²) in [5.74, 6) is 0.505. The maximum absolute atomic E-state index is 12.3. The lowest BCUT2D eigenvalue weighted by molar-refractivity contribution is 0.601. The molecule has 2 aromatic rings. The van der Waals surface area contributed by atoms with Gasteiger partial charge in [-0.05, 0) is 35.0 Å². The molecule has 0 fully saturated rings. The number of sulfonamides is 1. The molecule has 102 valence electrons. The van der Waals surface area contributed by atoms with Crippen molar-refractivity contribution in [2.45, 2.75) is 11.8 Å². The normalized spacial score (nSPS) is 11.5. The first-order valence-electron chi connectivity index (χ1n) is 4.87. The van der Waals surface area contributed by atoms with Crippen LogP contribution in [0.5, 0.6) is 0 Å². The average molecular weight is 428 g/mol. The van der Waals surface area contributed by atoms with E-state index in [0.29, 0.717) is 14.8 Å². The molecule has 1 aromatic carbocycles. The van der Waals surface area contributed by atoms with Gasteiger partial charge in [0.1, 0.15) is 10.7 Å². The Morgan fingerprint density at radius 2 is 2.05 bits per heavy atom. The summed E-state index contributed by atoms with van der Waals surface area (Å²) in [5.41, 5.74) is 5.89. The lowest BCUT2D eigenvalue weighted by atomic mass is 10.3. The molecule has 0 bridgehead atoms. The van der Waals surface area contributed by atoms with Gasteiger partial charge in [0.15, 0.2) is 0 Å². The van der Waals surface area contributed by atoms with Crippen LogP contribution in [0.15, 0.2) is 26.0 Å². The van der Waals surface area contributed by atoms with Crippen LogP contribution in [-0.4, -0.2) is 17.8 Å². The second-order valence-corrected chi connectivity index (χ2v) is 7.70. The van der Waals surface area contributed by atoms with Crippen LogP contribution in [0.4, 0.5) is 10.8 Å². The Hall–Kier alpha value is -0.710. The van der Waals surface area contributed by atoms with E-state index in [-0.39, 0.29) is 15.7 Å². The molecule has 0 atom stereocenters. The van der Waals surface area contributed by atoms with Crippen LogP contribution < -0.4 is 10.5 Å². The van der Waals surface area contributed by atoms with E-state index >= 15 is 0 Å². The van der Waals surface area contributed by atoms with Crippen molar-refractivity contribution in [3.8, 4) is 0 Å². The molecular weight excluding hydrogens is 420 g/mol. The van der Waals surface area contributed by atoms with E-state index in [2.05, 4.69) is 45.9 Å². The maximum atomic E-state index is 12.3. The van der Waals surface area contributed by atoms with Crippen molar-refractivity contribution < 1.29 is 8.42 Å². The second-order valence-electron chi connectivity index (χ2n) is 3.56. The summed E-state index contributed by atoms with van der Waals surface area (Å²) in [5, 5.41) is 0.201. The van der Waals surface area contributed by atoms with Crippen molar-refractivity contribution in [3.05, 3.63) is 26.9 Å². The Morgan fingerprint density at radius 1 is 1.37 bits per heavy atom. The zero-order valence-electron chi connectivity index (χ0n) is 9.52. The van der Waals surface area contributed by atoms with E-state index in [0.717, 1.165) is 11.5 Å². The molecule has 0 saturated heterocycles. The lowest BCUT2D eigenvalue weighted by Gasteiger charge is -2.10. The number of aromatic nitrogens is 2. The molecule has 2 rings (SSSR count). The van der Waals surface area contributed by atoms with Crippen molar-refractivity contribution in [3.63, 3.8) is 0 Å². The molecule has 1 aromatic heterocycles. The molecule has 1 heterocycles. The maximum Gasteiger partial charge on any atom is 0.266 e. The molecule has 10 heteroatoms. The molecule has 3 N–H and O–H groups in total. The highest BCUT2D eigenvalue weighted by Crippen LogP contribution is 2.32. The van der Waals surface area contributed by atoms with Crippen molar-refractivity contribution >= 4 is 64.2 Å². The number of hydrogen-bond donors (Lipinski definition) is 2. The number of nitrogens with zero attached hydrogens (tertiary/aromatic N) is 2. The van der Waals surface area contributed by atoms with Gasteiger partial charge in [0, 0.05) is 20.5 Å². The summed E-state index contributed by atoms with van der Waals surface area (Å²) in [6, 6.07) is 3.13. The van der Waals surface area contributed by atoms with Gasteiger partial charge < -0.3 is 5.73 Å². The highest BCUT2D eigenvalue weighted by atomic mass is 79.9. The van der Waals surface area contributed by atoms with Crippen molar-refractivity contribution in [1.29, 1.82) is 0 Å². The molecule has 0 aliphatic rings. The molecule has 0 saturated carbocycles. The molecule has 0 radical (unpaired) electrons. The number of nitrogen functional groups attached to an aromatic ring is 1. The van der Waals surface area contributed by atoms with E-state index in [4.69, 9.17) is 5.73 Å². The number of anilines is 2. The lowest BCUT2D eigenvalue weighted by Crippen LogP contribution is -2.15. The van der Waals surface area contributed by atoms with Gasteiger partial charge in [-0.15, -0.1) is 0 Å². The number of nitrogens with two attached hydrogens (primary N) is 1. The molecule has 19 heavy (non-hydrogen) atoms. The Labute approximate surface area is 130 Å². The van der Waals surface area contributed by atoms with Crippen LogP contribution in [0, 0.1) is 6.92 Å². The number of rotatable bonds is 3. The summed E-state index contributed by atoms with van der Waals surface area (Å²) in [6.45, 7) is 1.68. The first-order chi connectivity index (χ1) is 8.79. The van der Waals surface area contributed by atoms with Gasteiger partial charge in [-0.25, -0.2) is 13.4 Å². The molecule has 6 nitrogen and oxygen atoms in total. The van der Waals surface area contributed by atoms with E-state index < -0.39 is 10.0 Å². The van der Waals surface area contributed by atoms with Crippen molar-refractivity contribution in [2.75, 3.05) is 10.5 Å². The minimum atomic E-state index is -3.81. The van der Waals surface area contributed by atoms with Crippen LogP contribution in [0.25, 0.3) is 0 Å². The first-order valence-corrected chi connectivity index (χ1v) is 8.71. The zero-order valence-corrected chi connectivity index (χ0v) is 14.3. The molecule has 0 amide bonds. The van der Waals surface area contributed by atoms with Crippen LogP contribution in [0.1, 0.15) is 5.82 Å². The topological polar surface area (TPSA) is 98.0 Å². The van der Waals surface area contributed by atoms with Gasteiger partial charge in [0.05, 0.1) is 5.69 Å². The van der Waals surface area contributed by atoms with Gasteiger partial charge in [0.25, 0.3) is 10.0 Å². The summed E-state index contributed by atoms with van der Waals surface area (Å²) in [6.07, 6.45) is 0. The predicted molar refractivity (Wildman–Crippen MR) is 81.7 cm³/mol.